The molecule has 5 atom stereocenters. The quantitative estimate of drug-likeness (QED) is 0.478. The van der Waals surface area contributed by atoms with Crippen LogP contribution in [0.1, 0.15) is 11.1 Å². The van der Waals surface area contributed by atoms with E-state index in [0.717, 1.165) is 0 Å². The standard InChI is InChI=1S/C18H15F7N2O6/c19-9-2-6(15-26-3-7(4-27-15)17(20,21)22)1-8(18(23,24)25)14(9)33-16-13(31)12(30)11(29)10(5-28)32-16/h1-4,10-13,16,28-31H,5H2/t10-,11-,12+,13+,16-/m1/s1. The molecule has 1 fully saturated rings. The molecule has 1 aliphatic rings. The van der Waals surface area contributed by atoms with E-state index in [1.54, 1.807) is 0 Å². The number of benzene rings is 1. The van der Waals surface area contributed by atoms with Crippen LogP contribution in [0.25, 0.3) is 11.4 Å². The number of halogens is 7. The fraction of sp³-hybridized carbons (Fsp3) is 0.444. The van der Waals surface area contributed by atoms with Crippen LogP contribution in [0.5, 0.6) is 5.75 Å². The third kappa shape index (κ3) is 5.16. The number of hydrogen-bond acceptors (Lipinski definition) is 8. The van der Waals surface area contributed by atoms with E-state index in [2.05, 4.69) is 9.97 Å². The van der Waals surface area contributed by atoms with Crippen LogP contribution in [-0.2, 0) is 17.1 Å². The summed E-state index contributed by atoms with van der Waals surface area (Å²) in [5.74, 6) is -3.78. The second kappa shape index (κ2) is 8.98. The van der Waals surface area contributed by atoms with Crippen molar-refractivity contribution in [3.05, 3.63) is 41.5 Å². The Morgan fingerprint density at radius 1 is 0.909 bits per heavy atom. The van der Waals surface area contributed by atoms with E-state index < -0.39 is 83.7 Å². The maximum Gasteiger partial charge on any atom is 0.420 e. The molecule has 1 saturated heterocycles. The number of rotatable bonds is 4. The van der Waals surface area contributed by atoms with Crippen molar-refractivity contribution < 1.29 is 60.6 Å². The molecule has 0 radical (unpaired) electrons. The van der Waals surface area contributed by atoms with Gasteiger partial charge < -0.3 is 29.9 Å². The lowest BCUT2D eigenvalue weighted by atomic mass is 9.99. The highest BCUT2D eigenvalue weighted by Crippen LogP contribution is 2.41. The summed E-state index contributed by atoms with van der Waals surface area (Å²) in [7, 11) is 0. The van der Waals surface area contributed by atoms with Crippen LogP contribution in [0.15, 0.2) is 24.5 Å². The predicted octanol–water partition coefficient (Wildman–Crippen LogP) is 1.50. The monoisotopic (exact) mass is 488 g/mol. The number of alkyl halides is 6. The number of aromatic nitrogens is 2. The third-order valence-corrected chi connectivity index (χ3v) is 4.67. The smallest absolute Gasteiger partial charge is 0.420 e. The molecule has 1 aromatic heterocycles. The van der Waals surface area contributed by atoms with Gasteiger partial charge in [-0.1, -0.05) is 0 Å². The van der Waals surface area contributed by atoms with E-state index in [-0.39, 0.29) is 0 Å². The van der Waals surface area contributed by atoms with Gasteiger partial charge in [0.15, 0.2) is 17.4 Å². The van der Waals surface area contributed by atoms with Crippen LogP contribution in [0.3, 0.4) is 0 Å². The largest absolute Gasteiger partial charge is 0.458 e. The zero-order chi connectivity index (χ0) is 24.7. The molecule has 1 aliphatic heterocycles. The Bertz CT molecular complexity index is 984. The first kappa shape index (κ1) is 25.0. The molecule has 0 spiro atoms. The highest BCUT2D eigenvalue weighted by molar-refractivity contribution is 5.60. The molecule has 0 bridgehead atoms. The summed E-state index contributed by atoms with van der Waals surface area (Å²) in [6, 6.07) is 0.766. The first-order valence-corrected chi connectivity index (χ1v) is 9.01. The second-order valence-corrected chi connectivity index (χ2v) is 6.94. The molecule has 0 aliphatic carbocycles. The Balaban J connectivity index is 2.00. The second-order valence-electron chi connectivity index (χ2n) is 6.94. The van der Waals surface area contributed by atoms with Gasteiger partial charge in [0.05, 0.1) is 12.2 Å². The molecule has 4 N–H and O–H groups in total. The summed E-state index contributed by atoms with van der Waals surface area (Å²) in [6.45, 7) is -0.913. The fourth-order valence-corrected chi connectivity index (χ4v) is 2.96. The Hall–Kier alpha value is -2.59. The van der Waals surface area contributed by atoms with Gasteiger partial charge in [-0.25, -0.2) is 14.4 Å². The molecule has 2 aromatic rings. The molecule has 8 nitrogen and oxygen atoms in total. The van der Waals surface area contributed by atoms with Crippen molar-refractivity contribution in [3.63, 3.8) is 0 Å². The third-order valence-electron chi connectivity index (χ3n) is 4.67. The molecule has 33 heavy (non-hydrogen) atoms. The van der Waals surface area contributed by atoms with Crippen LogP contribution >= 0.6 is 0 Å². The van der Waals surface area contributed by atoms with Gasteiger partial charge in [0.2, 0.25) is 6.29 Å². The van der Waals surface area contributed by atoms with E-state index in [9.17, 15) is 46.1 Å². The van der Waals surface area contributed by atoms with Crippen molar-refractivity contribution in [2.24, 2.45) is 0 Å². The Labute approximate surface area is 179 Å². The molecule has 182 valence electrons. The number of ether oxygens (including phenoxy) is 2. The highest BCUT2D eigenvalue weighted by atomic mass is 19.4. The van der Waals surface area contributed by atoms with Crippen LogP contribution in [0.4, 0.5) is 30.7 Å². The average molecular weight is 488 g/mol. The average Bonchev–Trinajstić information content (AvgIpc) is 2.73. The van der Waals surface area contributed by atoms with Crippen LogP contribution < -0.4 is 4.74 Å². The van der Waals surface area contributed by atoms with Crippen LogP contribution in [0.2, 0.25) is 0 Å². The molecule has 2 heterocycles. The summed E-state index contributed by atoms with van der Waals surface area (Å²) in [6.07, 6.45) is -19.1. The van der Waals surface area contributed by atoms with Crippen LogP contribution in [0, 0.1) is 5.82 Å². The van der Waals surface area contributed by atoms with Gasteiger partial charge in [-0.05, 0) is 12.1 Å². The van der Waals surface area contributed by atoms with Crippen molar-refractivity contribution >= 4 is 0 Å². The minimum atomic E-state index is -5.26. The van der Waals surface area contributed by atoms with Crippen molar-refractivity contribution in [1.29, 1.82) is 0 Å². The van der Waals surface area contributed by atoms with Crippen molar-refractivity contribution in [3.8, 4) is 17.1 Å². The zero-order valence-corrected chi connectivity index (χ0v) is 16.0. The number of aliphatic hydroxyl groups excluding tert-OH is 4. The number of nitrogens with zero attached hydrogens (tertiary/aromatic N) is 2. The molecule has 0 unspecified atom stereocenters. The first-order valence-electron chi connectivity index (χ1n) is 9.01. The lowest BCUT2D eigenvalue weighted by Crippen LogP contribution is -2.60. The Morgan fingerprint density at radius 2 is 1.52 bits per heavy atom. The predicted molar refractivity (Wildman–Crippen MR) is 91.8 cm³/mol. The van der Waals surface area contributed by atoms with Gasteiger partial charge in [0.25, 0.3) is 0 Å². The zero-order valence-electron chi connectivity index (χ0n) is 16.0. The molecular formula is C18H15F7N2O6. The molecular weight excluding hydrogens is 473 g/mol. The molecule has 0 amide bonds. The van der Waals surface area contributed by atoms with E-state index in [4.69, 9.17) is 14.6 Å². The van der Waals surface area contributed by atoms with Gasteiger partial charge in [-0.15, -0.1) is 0 Å². The van der Waals surface area contributed by atoms with E-state index in [1.165, 1.54) is 0 Å². The maximum atomic E-state index is 14.7. The summed E-state index contributed by atoms with van der Waals surface area (Å²) < 4.78 is 103. The number of aliphatic hydroxyl groups is 4. The highest BCUT2D eigenvalue weighted by Gasteiger charge is 2.46. The van der Waals surface area contributed by atoms with Crippen molar-refractivity contribution in [1.82, 2.24) is 9.97 Å². The topological polar surface area (TPSA) is 125 Å². The van der Waals surface area contributed by atoms with E-state index in [1.807, 2.05) is 0 Å². The normalized spacial score (nSPS) is 26.3. The van der Waals surface area contributed by atoms with Crippen molar-refractivity contribution in [2.45, 2.75) is 43.1 Å². The minimum Gasteiger partial charge on any atom is -0.458 e. The van der Waals surface area contributed by atoms with Gasteiger partial charge in [-0.3, -0.25) is 0 Å². The van der Waals surface area contributed by atoms with Crippen LogP contribution in [-0.4, -0.2) is 67.7 Å². The van der Waals surface area contributed by atoms with E-state index >= 15 is 0 Å². The SMILES string of the molecule is OC[C@H]1O[C@H](Oc2c(F)cc(-c3ncc(C(F)(F)F)cn3)cc2C(F)(F)F)[C@@H](O)[C@@H](O)[C@@H]1O. The Morgan fingerprint density at radius 3 is 2.03 bits per heavy atom. The van der Waals surface area contributed by atoms with Gasteiger partial charge >= 0.3 is 12.4 Å². The minimum absolute atomic E-state index is 0.311. The lowest BCUT2D eigenvalue weighted by Gasteiger charge is -2.39. The fourth-order valence-electron chi connectivity index (χ4n) is 2.96. The lowest BCUT2D eigenvalue weighted by molar-refractivity contribution is -0.278. The maximum absolute atomic E-state index is 14.7. The van der Waals surface area contributed by atoms with Crippen molar-refractivity contribution in [2.75, 3.05) is 6.61 Å². The van der Waals surface area contributed by atoms with Gasteiger partial charge in [-0.2, -0.15) is 26.3 Å². The first-order chi connectivity index (χ1) is 15.2. The summed E-state index contributed by atoms with van der Waals surface area (Å²) >= 11 is 0. The van der Waals surface area contributed by atoms with E-state index in [0.29, 0.717) is 24.5 Å². The molecule has 0 saturated carbocycles. The molecule has 1 aromatic carbocycles. The molecule has 3 rings (SSSR count). The molecule has 15 heteroatoms. The summed E-state index contributed by atoms with van der Waals surface area (Å²) in [4.78, 5) is 6.63. The van der Waals surface area contributed by atoms with Gasteiger partial charge in [0.1, 0.15) is 30.0 Å². The number of hydrogen-bond donors (Lipinski definition) is 4. The summed E-state index contributed by atoms with van der Waals surface area (Å²) in [5, 5.41) is 38.5. The summed E-state index contributed by atoms with van der Waals surface area (Å²) in [5.41, 5.74) is -3.65. The Kier molecular flexibility index (Phi) is 6.82. The van der Waals surface area contributed by atoms with Gasteiger partial charge in [0, 0.05) is 18.0 Å².